The summed E-state index contributed by atoms with van der Waals surface area (Å²) in [5.74, 6) is -0.0335. The van der Waals surface area contributed by atoms with Crippen molar-refractivity contribution >= 4 is 23.2 Å². The minimum Gasteiger partial charge on any atom is -0.382 e. The molecular formula is C21H16Cl2F3N5O2. The van der Waals surface area contributed by atoms with Crippen LogP contribution in [0, 0.1) is 0 Å². The summed E-state index contributed by atoms with van der Waals surface area (Å²) in [5.41, 5.74) is 0.783. The first kappa shape index (κ1) is 23.1. The fourth-order valence-electron chi connectivity index (χ4n) is 3.25. The van der Waals surface area contributed by atoms with Crippen LogP contribution in [-0.4, -0.2) is 41.3 Å². The highest BCUT2D eigenvalue weighted by Gasteiger charge is 2.39. The summed E-state index contributed by atoms with van der Waals surface area (Å²) in [6, 6.07) is 13.1. The zero-order chi connectivity index (χ0) is 23.8. The molecule has 0 fully saturated rings. The van der Waals surface area contributed by atoms with Gasteiger partial charge in [-0.3, -0.25) is 4.57 Å². The number of nitrogens with zero attached hydrogens (tertiary/aromatic N) is 5. The fourth-order valence-corrected chi connectivity index (χ4v) is 3.56. The molecule has 0 aliphatic rings. The van der Waals surface area contributed by atoms with E-state index in [4.69, 9.17) is 23.2 Å². The summed E-state index contributed by atoms with van der Waals surface area (Å²) in [4.78, 5) is 17.1. The number of benzene rings is 2. The van der Waals surface area contributed by atoms with Gasteiger partial charge in [-0.1, -0.05) is 29.3 Å². The Bertz CT molecular complexity index is 1330. The highest BCUT2D eigenvalue weighted by Crippen LogP contribution is 2.24. The monoisotopic (exact) mass is 497 g/mol. The molecule has 12 heteroatoms. The van der Waals surface area contributed by atoms with Crippen molar-refractivity contribution in [2.24, 2.45) is 0 Å². The van der Waals surface area contributed by atoms with Gasteiger partial charge in [-0.15, -0.1) is 5.10 Å². The lowest BCUT2D eigenvalue weighted by Gasteiger charge is -2.15. The molecule has 0 saturated carbocycles. The lowest BCUT2D eigenvalue weighted by atomic mass is 10.2. The molecule has 0 amide bonds. The van der Waals surface area contributed by atoms with Gasteiger partial charge in [0, 0.05) is 21.3 Å². The third kappa shape index (κ3) is 4.97. The van der Waals surface area contributed by atoms with E-state index in [0.717, 1.165) is 9.25 Å². The number of hydrogen-bond donors (Lipinski definition) is 1. The Kier molecular flexibility index (Phi) is 6.33. The van der Waals surface area contributed by atoms with Gasteiger partial charge in [0.1, 0.15) is 0 Å². The second-order valence-electron chi connectivity index (χ2n) is 7.17. The number of imidazole rings is 1. The average molecular weight is 498 g/mol. The molecule has 0 spiro atoms. The standard InChI is InChI=1S/C21H16Cl2F3N5O2/c22-14-6-4-13(5-7-14)19-28-31(20(33)29(19)11-18(32)21(24,25)26)10-17-9-27-12-30(17)16-3-1-2-15(23)8-16/h1-9,12,18,32H,10-11H2. The van der Waals surface area contributed by atoms with Crippen molar-refractivity contribution in [3.8, 4) is 17.1 Å². The van der Waals surface area contributed by atoms with Crippen molar-refractivity contribution in [2.45, 2.75) is 25.4 Å². The Labute approximate surface area is 195 Å². The van der Waals surface area contributed by atoms with Gasteiger partial charge in [-0.05, 0) is 42.5 Å². The van der Waals surface area contributed by atoms with Crippen molar-refractivity contribution in [2.75, 3.05) is 0 Å². The number of hydrogen-bond acceptors (Lipinski definition) is 4. The van der Waals surface area contributed by atoms with Crippen LogP contribution in [0.2, 0.25) is 10.0 Å². The molecule has 1 unspecified atom stereocenters. The van der Waals surface area contributed by atoms with E-state index in [1.54, 1.807) is 28.8 Å². The highest BCUT2D eigenvalue weighted by atomic mass is 35.5. The molecule has 4 aromatic rings. The van der Waals surface area contributed by atoms with Crippen LogP contribution < -0.4 is 5.69 Å². The molecule has 2 heterocycles. The van der Waals surface area contributed by atoms with Crippen LogP contribution in [-0.2, 0) is 13.1 Å². The summed E-state index contributed by atoms with van der Waals surface area (Å²) in [7, 11) is 0. The molecule has 1 N–H and O–H groups in total. The van der Waals surface area contributed by atoms with Gasteiger partial charge >= 0.3 is 11.9 Å². The van der Waals surface area contributed by atoms with Crippen LogP contribution in [0.3, 0.4) is 0 Å². The molecule has 7 nitrogen and oxygen atoms in total. The summed E-state index contributed by atoms with van der Waals surface area (Å²) < 4.78 is 42.5. The number of alkyl halides is 3. The summed E-state index contributed by atoms with van der Waals surface area (Å²) in [5, 5.41) is 14.8. The maximum absolute atomic E-state index is 13.0. The van der Waals surface area contributed by atoms with Crippen LogP contribution >= 0.6 is 23.2 Å². The van der Waals surface area contributed by atoms with E-state index < -0.39 is 24.5 Å². The smallest absolute Gasteiger partial charge is 0.382 e. The maximum Gasteiger partial charge on any atom is 0.416 e. The molecule has 33 heavy (non-hydrogen) atoms. The molecule has 0 saturated heterocycles. The van der Waals surface area contributed by atoms with E-state index in [1.807, 2.05) is 0 Å². The topological polar surface area (TPSA) is 77.9 Å². The first-order chi connectivity index (χ1) is 15.6. The zero-order valence-corrected chi connectivity index (χ0v) is 18.3. The largest absolute Gasteiger partial charge is 0.416 e. The lowest BCUT2D eigenvalue weighted by molar-refractivity contribution is -0.207. The Morgan fingerprint density at radius 1 is 1.06 bits per heavy atom. The van der Waals surface area contributed by atoms with Gasteiger partial charge in [0.15, 0.2) is 11.9 Å². The number of aliphatic hydroxyl groups excluding tert-OH is 1. The van der Waals surface area contributed by atoms with Crippen LogP contribution in [0.25, 0.3) is 17.1 Å². The van der Waals surface area contributed by atoms with Gasteiger partial charge in [0.2, 0.25) is 0 Å². The maximum atomic E-state index is 13.0. The fraction of sp³-hybridized carbons (Fsp3) is 0.190. The van der Waals surface area contributed by atoms with E-state index in [0.29, 0.717) is 27.0 Å². The van der Waals surface area contributed by atoms with Crippen molar-refractivity contribution in [1.29, 1.82) is 0 Å². The van der Waals surface area contributed by atoms with Crippen LogP contribution in [0.5, 0.6) is 0 Å². The Balaban J connectivity index is 1.76. The summed E-state index contributed by atoms with van der Waals surface area (Å²) in [6.07, 6.45) is -4.60. The van der Waals surface area contributed by atoms with E-state index in [9.17, 15) is 23.1 Å². The molecule has 2 aromatic heterocycles. The summed E-state index contributed by atoms with van der Waals surface area (Å²) >= 11 is 12.0. The molecule has 2 aromatic carbocycles. The Hall–Kier alpha value is -3.08. The SMILES string of the molecule is O=c1n(Cc2cncn2-c2cccc(Cl)c2)nc(-c2ccc(Cl)cc2)n1CC(O)C(F)(F)F. The van der Waals surface area contributed by atoms with Crippen LogP contribution in [0.1, 0.15) is 5.69 Å². The number of rotatable bonds is 6. The minimum absolute atomic E-state index is 0.0335. The minimum atomic E-state index is -4.90. The third-order valence-corrected chi connectivity index (χ3v) is 5.36. The van der Waals surface area contributed by atoms with Crippen LogP contribution in [0.4, 0.5) is 13.2 Å². The molecule has 4 rings (SSSR count). The third-order valence-electron chi connectivity index (χ3n) is 4.87. The van der Waals surface area contributed by atoms with E-state index in [-0.39, 0.29) is 12.4 Å². The molecular weight excluding hydrogens is 482 g/mol. The summed E-state index contributed by atoms with van der Waals surface area (Å²) in [6.45, 7) is -1.09. The number of aliphatic hydroxyl groups is 1. The first-order valence-electron chi connectivity index (χ1n) is 9.59. The van der Waals surface area contributed by atoms with Gasteiger partial charge in [0.05, 0.1) is 31.3 Å². The van der Waals surface area contributed by atoms with E-state index >= 15 is 0 Å². The van der Waals surface area contributed by atoms with Crippen molar-refractivity contribution in [1.82, 2.24) is 23.9 Å². The Morgan fingerprint density at radius 2 is 1.79 bits per heavy atom. The van der Waals surface area contributed by atoms with Crippen molar-refractivity contribution in [3.63, 3.8) is 0 Å². The molecule has 0 radical (unpaired) electrons. The number of halogens is 5. The molecule has 172 valence electrons. The van der Waals surface area contributed by atoms with Gasteiger partial charge in [0.25, 0.3) is 0 Å². The van der Waals surface area contributed by atoms with Crippen LogP contribution in [0.15, 0.2) is 65.8 Å². The molecule has 0 aliphatic carbocycles. The van der Waals surface area contributed by atoms with Gasteiger partial charge < -0.3 is 9.67 Å². The lowest BCUT2D eigenvalue weighted by Crippen LogP contribution is -2.37. The quantitative estimate of drug-likeness (QED) is 0.433. The zero-order valence-electron chi connectivity index (χ0n) is 16.7. The highest BCUT2D eigenvalue weighted by molar-refractivity contribution is 6.31. The number of aromatic nitrogens is 5. The molecule has 0 bridgehead atoms. The predicted molar refractivity (Wildman–Crippen MR) is 117 cm³/mol. The molecule has 1 atom stereocenters. The van der Waals surface area contributed by atoms with E-state index in [1.165, 1.54) is 36.8 Å². The second kappa shape index (κ2) is 9.05. The van der Waals surface area contributed by atoms with E-state index in [2.05, 4.69) is 10.1 Å². The second-order valence-corrected chi connectivity index (χ2v) is 8.05. The normalized spacial score (nSPS) is 12.8. The van der Waals surface area contributed by atoms with Crippen molar-refractivity contribution < 1.29 is 18.3 Å². The first-order valence-corrected chi connectivity index (χ1v) is 10.3. The van der Waals surface area contributed by atoms with Gasteiger partial charge in [-0.2, -0.15) is 13.2 Å². The predicted octanol–water partition coefficient (Wildman–Crippen LogP) is 4.18. The Morgan fingerprint density at radius 3 is 2.45 bits per heavy atom. The molecule has 0 aliphatic heterocycles. The average Bonchev–Trinajstić information content (AvgIpc) is 3.34. The van der Waals surface area contributed by atoms with Gasteiger partial charge in [-0.25, -0.2) is 14.5 Å². The van der Waals surface area contributed by atoms with Crippen molar-refractivity contribution in [3.05, 3.63) is 87.3 Å².